The Kier molecular flexibility index (Phi) is 6.18. The van der Waals surface area contributed by atoms with E-state index in [4.69, 9.17) is 9.47 Å². The molecule has 0 aromatic heterocycles. The molecule has 0 bridgehead atoms. The Bertz CT molecular complexity index is 1320. The van der Waals surface area contributed by atoms with Crippen LogP contribution in [0.1, 0.15) is 51.4 Å². The molecule has 0 amide bonds. The number of Topliss-reactive ketones (excluding diaryl/α,β-unsaturated/α-hetero) is 1. The summed E-state index contributed by atoms with van der Waals surface area (Å²) in [5.74, 6) is -4.86. The lowest BCUT2D eigenvalue weighted by Gasteiger charge is -2.53. The fourth-order valence-corrected chi connectivity index (χ4v) is 8.12. The van der Waals surface area contributed by atoms with Gasteiger partial charge in [-0.2, -0.15) is 0 Å². The predicted molar refractivity (Wildman–Crippen MR) is 142 cm³/mol. The second-order valence-corrected chi connectivity index (χ2v) is 12.1. The molecule has 4 aliphatic carbocycles. The number of ether oxygens (including phenoxy) is 2. The van der Waals surface area contributed by atoms with E-state index >= 15 is 0 Å². The summed E-state index contributed by atoms with van der Waals surface area (Å²) in [5.41, 5.74) is -4.19. The number of esters is 2. The average molecular weight is 540 g/mol. The summed E-state index contributed by atoms with van der Waals surface area (Å²) >= 11 is 0. The van der Waals surface area contributed by atoms with E-state index in [0.717, 1.165) is 0 Å². The van der Waals surface area contributed by atoms with Gasteiger partial charge in [0.2, 0.25) is 0 Å². The molecule has 39 heavy (non-hydrogen) atoms. The Morgan fingerprint density at radius 2 is 1.82 bits per heavy atom. The molecule has 0 aliphatic heterocycles. The number of anilines is 1. The molecule has 0 spiro atoms. The molecule has 5 unspecified atom stereocenters. The van der Waals surface area contributed by atoms with Gasteiger partial charge in [-0.15, -0.1) is 0 Å². The van der Waals surface area contributed by atoms with Crippen molar-refractivity contribution in [3.05, 3.63) is 53.1 Å². The van der Waals surface area contributed by atoms with Gasteiger partial charge in [0, 0.05) is 55.2 Å². The van der Waals surface area contributed by atoms with Gasteiger partial charge in [-0.1, -0.05) is 45.1 Å². The van der Waals surface area contributed by atoms with Crippen molar-refractivity contribution in [1.29, 1.82) is 0 Å². The number of ketones is 1. The molecule has 0 saturated heterocycles. The van der Waals surface area contributed by atoms with Crippen molar-refractivity contribution in [3.8, 4) is 0 Å². The van der Waals surface area contributed by atoms with Crippen LogP contribution in [0, 0.1) is 29.1 Å². The number of benzene rings is 1. The third-order valence-electron chi connectivity index (χ3n) is 9.92. The topological polar surface area (TPSA) is 142 Å². The highest BCUT2D eigenvalue weighted by molar-refractivity contribution is 6.05. The first-order chi connectivity index (χ1) is 18.2. The van der Waals surface area contributed by atoms with Gasteiger partial charge in [-0.3, -0.25) is 9.59 Å². The van der Waals surface area contributed by atoms with Crippen LogP contribution in [0.25, 0.3) is 0 Å². The van der Waals surface area contributed by atoms with E-state index in [0.29, 0.717) is 16.8 Å². The van der Waals surface area contributed by atoms with E-state index in [-0.39, 0.29) is 12.0 Å². The van der Waals surface area contributed by atoms with Crippen LogP contribution in [0.2, 0.25) is 0 Å². The SMILES string of the molecule is CNc1ccccc1C(=O)OC1C(C)[C@@]2(O)C(C=C(CO)C[C@]3(O)C(=O)C(C)=CC23)C2C(C)(C)[C@]12OC(C)=O. The summed E-state index contributed by atoms with van der Waals surface area (Å²) in [4.78, 5) is 39.4. The molecule has 210 valence electrons. The maximum Gasteiger partial charge on any atom is 0.340 e. The van der Waals surface area contributed by atoms with E-state index in [1.54, 1.807) is 57.3 Å². The lowest BCUT2D eigenvalue weighted by molar-refractivity contribution is -0.219. The molecule has 1 aromatic rings. The number of carbonyl (C=O) groups is 3. The quantitative estimate of drug-likeness (QED) is 0.328. The highest BCUT2D eigenvalue weighted by Crippen LogP contribution is 2.77. The molecule has 4 N–H and O–H groups in total. The Morgan fingerprint density at radius 1 is 1.15 bits per heavy atom. The van der Waals surface area contributed by atoms with E-state index < -0.39 is 76.3 Å². The molecule has 9 nitrogen and oxygen atoms in total. The number of carbonyl (C=O) groups excluding carboxylic acids is 3. The lowest BCUT2D eigenvalue weighted by Crippen LogP contribution is -2.66. The van der Waals surface area contributed by atoms with Crippen molar-refractivity contribution in [2.75, 3.05) is 19.0 Å². The maximum atomic E-state index is 13.6. The molecular formula is C30H37NO8. The van der Waals surface area contributed by atoms with Crippen LogP contribution in [0.15, 0.2) is 47.6 Å². The number of rotatable bonds is 5. The number of hydrogen-bond acceptors (Lipinski definition) is 9. The summed E-state index contributed by atoms with van der Waals surface area (Å²) < 4.78 is 12.2. The number of aliphatic hydroxyl groups excluding tert-OH is 1. The van der Waals surface area contributed by atoms with Crippen LogP contribution in [-0.4, -0.2) is 69.6 Å². The van der Waals surface area contributed by atoms with E-state index in [1.165, 1.54) is 6.92 Å². The maximum absolute atomic E-state index is 13.6. The molecule has 4 aliphatic rings. The molecular weight excluding hydrogens is 502 g/mol. The first-order valence-corrected chi connectivity index (χ1v) is 13.4. The molecule has 8 atom stereocenters. The number of fused-ring (bicyclic) bond motifs is 5. The molecule has 0 radical (unpaired) electrons. The first-order valence-electron chi connectivity index (χ1n) is 13.4. The van der Waals surface area contributed by atoms with Crippen LogP contribution < -0.4 is 5.32 Å². The van der Waals surface area contributed by atoms with Gasteiger partial charge >= 0.3 is 11.9 Å². The Labute approximate surface area is 227 Å². The van der Waals surface area contributed by atoms with Gasteiger partial charge in [0.05, 0.1) is 17.8 Å². The smallest absolute Gasteiger partial charge is 0.340 e. The van der Waals surface area contributed by atoms with Gasteiger partial charge in [0.25, 0.3) is 0 Å². The predicted octanol–water partition coefficient (Wildman–Crippen LogP) is 2.41. The fraction of sp³-hybridized carbons (Fsp3) is 0.567. The van der Waals surface area contributed by atoms with Gasteiger partial charge < -0.3 is 30.1 Å². The zero-order valence-corrected chi connectivity index (χ0v) is 23.1. The largest absolute Gasteiger partial charge is 0.454 e. The van der Waals surface area contributed by atoms with Crippen molar-refractivity contribution in [2.45, 2.75) is 63.9 Å². The van der Waals surface area contributed by atoms with E-state index in [1.807, 2.05) is 13.8 Å². The molecule has 2 fully saturated rings. The third kappa shape index (κ3) is 3.45. The van der Waals surface area contributed by atoms with Crippen molar-refractivity contribution in [2.24, 2.45) is 29.1 Å². The first kappa shape index (κ1) is 27.6. The molecule has 5 rings (SSSR count). The molecule has 1 aromatic carbocycles. The van der Waals surface area contributed by atoms with E-state index in [9.17, 15) is 29.7 Å². The Hall–Kier alpha value is -3.01. The van der Waals surface area contributed by atoms with E-state index in [2.05, 4.69) is 5.32 Å². The second-order valence-electron chi connectivity index (χ2n) is 12.1. The van der Waals surface area contributed by atoms with Crippen LogP contribution in [0.5, 0.6) is 0 Å². The normalized spacial score (nSPS) is 39.7. The minimum absolute atomic E-state index is 0.139. The average Bonchev–Trinajstić information content (AvgIpc) is 3.31. The zero-order chi connectivity index (χ0) is 28.7. The third-order valence-corrected chi connectivity index (χ3v) is 9.92. The van der Waals surface area contributed by atoms with Gasteiger partial charge in [0.15, 0.2) is 11.4 Å². The van der Waals surface area contributed by atoms with Crippen molar-refractivity contribution >= 4 is 23.4 Å². The summed E-state index contributed by atoms with van der Waals surface area (Å²) in [6.07, 6.45) is 2.09. The summed E-state index contributed by atoms with van der Waals surface area (Å²) in [6.45, 7) is 7.98. The number of nitrogens with one attached hydrogen (secondary N) is 1. The van der Waals surface area contributed by atoms with Crippen molar-refractivity contribution in [3.63, 3.8) is 0 Å². The summed E-state index contributed by atoms with van der Waals surface area (Å²) in [7, 11) is 1.69. The minimum atomic E-state index is -1.97. The minimum Gasteiger partial charge on any atom is -0.454 e. The van der Waals surface area contributed by atoms with Gasteiger partial charge in [0.1, 0.15) is 11.7 Å². The van der Waals surface area contributed by atoms with Gasteiger partial charge in [-0.05, 0) is 30.2 Å². The molecule has 0 heterocycles. The number of hydrogen-bond donors (Lipinski definition) is 4. The summed E-state index contributed by atoms with van der Waals surface area (Å²) in [6, 6.07) is 6.85. The van der Waals surface area contributed by atoms with Gasteiger partial charge in [-0.25, -0.2) is 4.79 Å². The zero-order valence-electron chi connectivity index (χ0n) is 23.1. The second kappa shape index (κ2) is 8.74. The fourth-order valence-electron chi connectivity index (χ4n) is 8.12. The highest BCUT2D eigenvalue weighted by Gasteiger charge is 2.87. The highest BCUT2D eigenvalue weighted by atomic mass is 16.6. The Morgan fingerprint density at radius 3 is 2.44 bits per heavy atom. The summed E-state index contributed by atoms with van der Waals surface area (Å²) in [5, 5.41) is 37.7. The van der Waals surface area contributed by atoms with Crippen molar-refractivity contribution < 1.29 is 39.2 Å². The number of aliphatic hydroxyl groups is 3. The molecule has 2 saturated carbocycles. The number of para-hydroxylation sites is 1. The van der Waals surface area contributed by atoms with Crippen LogP contribution in [-0.2, 0) is 19.1 Å². The van der Waals surface area contributed by atoms with Crippen LogP contribution in [0.4, 0.5) is 5.69 Å². The lowest BCUT2D eigenvalue weighted by atomic mass is 9.59. The standard InChI is InChI=1S/C30H37NO8/c1-15-11-22-28(36,24(15)34)13-18(14-32)12-20-23-27(4,5)30(23,39-17(3)33)25(16(2)29(20,22)37)38-26(35)19-9-7-8-10-21(19)31-6/h7-12,16,20,22-23,25,31-32,36-37H,13-14H2,1-6H3/t16?,20?,22?,23?,25?,28-,29-,30-/m1/s1. The van der Waals surface area contributed by atoms with Crippen LogP contribution in [0.3, 0.4) is 0 Å². The van der Waals surface area contributed by atoms with Crippen LogP contribution >= 0.6 is 0 Å². The van der Waals surface area contributed by atoms with Crippen molar-refractivity contribution in [1.82, 2.24) is 0 Å². The Balaban J connectivity index is 1.70. The monoisotopic (exact) mass is 539 g/mol. The molecule has 9 heteroatoms.